The van der Waals surface area contributed by atoms with Gasteiger partial charge in [-0.3, -0.25) is 14.7 Å². The van der Waals surface area contributed by atoms with Crippen LogP contribution in [0.1, 0.15) is 64.3 Å². The lowest BCUT2D eigenvalue weighted by Crippen LogP contribution is -2.42. The summed E-state index contributed by atoms with van der Waals surface area (Å²) in [5, 5.41) is 22.3. The number of hydrogen-bond donors (Lipinski definition) is 3. The molecule has 0 unspecified atom stereocenters. The Labute approximate surface area is 258 Å². The standard InChI is InChI=1S/C36H39N3O5/c40-23-25-8-10-28(11-9-25)34-19-33(22-39-17-3-7-32(39)24-41)43-36(44-34)29-14-12-27(13-15-29)30-5-1-4-26(18-30)20-38-35(42)31-6-2-16-37-21-31/h1-2,4-6,8-16,18,21,32-34,36,40-41H,3,7,17,19-20,22-24H2,(H,38,42)/t32-,33-,34+,36+/m0/s1. The summed E-state index contributed by atoms with van der Waals surface area (Å²) in [6.07, 6.45) is 5.27. The van der Waals surface area contributed by atoms with Gasteiger partial charge in [0.15, 0.2) is 6.29 Å². The van der Waals surface area contributed by atoms with E-state index in [0.717, 1.165) is 59.3 Å². The molecule has 0 aliphatic carbocycles. The maximum Gasteiger partial charge on any atom is 0.253 e. The van der Waals surface area contributed by atoms with Crippen molar-refractivity contribution in [1.82, 2.24) is 15.2 Å². The van der Waals surface area contributed by atoms with E-state index >= 15 is 0 Å². The Kier molecular flexibility index (Phi) is 9.75. The predicted octanol–water partition coefficient (Wildman–Crippen LogP) is 5.17. The molecule has 8 heteroatoms. The first-order chi connectivity index (χ1) is 21.6. The molecule has 2 fully saturated rings. The van der Waals surface area contributed by atoms with Gasteiger partial charge in [0.25, 0.3) is 5.91 Å². The molecule has 3 aromatic carbocycles. The van der Waals surface area contributed by atoms with Crippen LogP contribution < -0.4 is 5.32 Å². The van der Waals surface area contributed by atoms with E-state index in [2.05, 4.69) is 51.6 Å². The number of pyridine rings is 1. The number of ether oxygens (including phenoxy) is 2. The number of amides is 1. The summed E-state index contributed by atoms with van der Waals surface area (Å²) in [6, 6.07) is 28.0. The van der Waals surface area contributed by atoms with Crippen molar-refractivity contribution in [2.24, 2.45) is 0 Å². The minimum absolute atomic E-state index is 0.00691. The lowest BCUT2D eigenvalue weighted by Gasteiger charge is -2.38. The number of benzene rings is 3. The van der Waals surface area contributed by atoms with Gasteiger partial charge < -0.3 is 25.0 Å². The van der Waals surface area contributed by atoms with Gasteiger partial charge in [-0.25, -0.2) is 0 Å². The highest BCUT2D eigenvalue weighted by Gasteiger charge is 2.35. The fourth-order valence-corrected chi connectivity index (χ4v) is 6.11. The Morgan fingerprint density at radius 1 is 0.909 bits per heavy atom. The number of rotatable bonds is 10. The summed E-state index contributed by atoms with van der Waals surface area (Å²) in [5.41, 5.74) is 6.52. The molecule has 0 spiro atoms. The molecule has 2 aliphatic rings. The molecule has 4 aromatic rings. The first-order valence-corrected chi connectivity index (χ1v) is 15.3. The van der Waals surface area contributed by atoms with Gasteiger partial charge in [-0.05, 0) is 65.4 Å². The van der Waals surface area contributed by atoms with Crippen molar-refractivity contribution in [2.45, 2.75) is 57.0 Å². The van der Waals surface area contributed by atoms with Crippen LogP contribution in [0.3, 0.4) is 0 Å². The van der Waals surface area contributed by atoms with E-state index < -0.39 is 6.29 Å². The number of likely N-dealkylation sites (tertiary alicyclic amines) is 1. The zero-order valence-electron chi connectivity index (χ0n) is 24.7. The molecular formula is C36H39N3O5. The van der Waals surface area contributed by atoms with Gasteiger partial charge in [0, 0.05) is 43.5 Å². The van der Waals surface area contributed by atoms with Gasteiger partial charge in [-0.2, -0.15) is 0 Å². The first-order valence-electron chi connectivity index (χ1n) is 15.3. The third-order valence-electron chi connectivity index (χ3n) is 8.58. The molecule has 6 rings (SSSR count). The van der Waals surface area contributed by atoms with E-state index in [4.69, 9.17) is 9.47 Å². The zero-order valence-corrected chi connectivity index (χ0v) is 24.7. The van der Waals surface area contributed by atoms with E-state index in [0.29, 0.717) is 18.5 Å². The molecule has 1 amide bonds. The van der Waals surface area contributed by atoms with Crippen molar-refractivity contribution in [3.63, 3.8) is 0 Å². The van der Waals surface area contributed by atoms with Gasteiger partial charge in [0.05, 0.1) is 31.0 Å². The molecule has 44 heavy (non-hydrogen) atoms. The molecule has 0 saturated carbocycles. The molecule has 0 bridgehead atoms. The molecule has 1 aromatic heterocycles. The Balaban J connectivity index is 1.16. The Hall–Kier alpha value is -3.92. The van der Waals surface area contributed by atoms with Crippen LogP contribution in [-0.2, 0) is 22.6 Å². The van der Waals surface area contributed by atoms with Crippen LogP contribution in [0.25, 0.3) is 11.1 Å². The number of nitrogens with zero attached hydrogens (tertiary/aromatic N) is 2. The Morgan fingerprint density at radius 3 is 2.48 bits per heavy atom. The summed E-state index contributed by atoms with van der Waals surface area (Å²) in [7, 11) is 0. The average molecular weight is 594 g/mol. The summed E-state index contributed by atoms with van der Waals surface area (Å²) in [5.74, 6) is -0.155. The zero-order chi connectivity index (χ0) is 30.3. The summed E-state index contributed by atoms with van der Waals surface area (Å²) in [4.78, 5) is 18.8. The van der Waals surface area contributed by atoms with E-state index in [1.165, 1.54) is 0 Å². The van der Waals surface area contributed by atoms with Crippen LogP contribution in [0.15, 0.2) is 97.3 Å². The number of nitrogens with one attached hydrogen (secondary N) is 1. The van der Waals surface area contributed by atoms with Gasteiger partial charge in [0.2, 0.25) is 0 Å². The highest BCUT2D eigenvalue weighted by Crippen LogP contribution is 2.39. The number of carbonyl (C=O) groups is 1. The summed E-state index contributed by atoms with van der Waals surface area (Å²) >= 11 is 0. The van der Waals surface area contributed by atoms with Gasteiger partial charge in [-0.15, -0.1) is 0 Å². The molecule has 3 N–H and O–H groups in total. The van der Waals surface area contributed by atoms with E-state index in [1.807, 2.05) is 36.4 Å². The van der Waals surface area contributed by atoms with E-state index in [-0.39, 0.29) is 37.4 Å². The van der Waals surface area contributed by atoms with Crippen LogP contribution in [0.5, 0.6) is 0 Å². The highest BCUT2D eigenvalue weighted by molar-refractivity contribution is 5.93. The molecular weight excluding hydrogens is 554 g/mol. The van der Waals surface area contributed by atoms with Crippen molar-refractivity contribution >= 4 is 5.91 Å². The summed E-state index contributed by atoms with van der Waals surface area (Å²) < 4.78 is 13.1. The fraction of sp³-hybridized carbons (Fsp3) is 0.333. The van der Waals surface area contributed by atoms with Gasteiger partial charge in [0.1, 0.15) is 0 Å². The normalized spacial score (nSPS) is 22.1. The summed E-state index contributed by atoms with van der Waals surface area (Å²) in [6.45, 7) is 2.30. The second-order valence-electron chi connectivity index (χ2n) is 11.6. The monoisotopic (exact) mass is 593 g/mol. The van der Waals surface area contributed by atoms with Gasteiger partial charge in [-0.1, -0.05) is 66.7 Å². The quantitative estimate of drug-likeness (QED) is 0.233. The molecule has 2 saturated heterocycles. The number of aromatic nitrogens is 1. The minimum Gasteiger partial charge on any atom is -0.395 e. The average Bonchev–Trinajstić information content (AvgIpc) is 3.54. The van der Waals surface area contributed by atoms with Crippen LogP contribution in [0.2, 0.25) is 0 Å². The Morgan fingerprint density at radius 2 is 1.73 bits per heavy atom. The number of carbonyl (C=O) groups excluding carboxylic acids is 1. The van der Waals surface area contributed by atoms with E-state index in [9.17, 15) is 15.0 Å². The predicted molar refractivity (Wildman–Crippen MR) is 167 cm³/mol. The number of aliphatic hydroxyl groups excluding tert-OH is 2. The van der Waals surface area contributed by atoms with Crippen LogP contribution in [0.4, 0.5) is 0 Å². The lowest BCUT2D eigenvalue weighted by atomic mass is 9.98. The Bertz CT molecular complexity index is 1510. The van der Waals surface area contributed by atoms with Crippen molar-refractivity contribution in [2.75, 3.05) is 19.7 Å². The highest BCUT2D eigenvalue weighted by atomic mass is 16.7. The van der Waals surface area contributed by atoms with Crippen molar-refractivity contribution in [3.05, 3.63) is 125 Å². The third kappa shape index (κ3) is 7.23. The van der Waals surface area contributed by atoms with Crippen LogP contribution >= 0.6 is 0 Å². The molecule has 0 radical (unpaired) electrons. The molecule has 3 heterocycles. The van der Waals surface area contributed by atoms with Crippen molar-refractivity contribution in [3.8, 4) is 11.1 Å². The third-order valence-corrected chi connectivity index (χ3v) is 8.58. The number of aliphatic hydroxyl groups is 2. The smallest absolute Gasteiger partial charge is 0.253 e. The maximum absolute atomic E-state index is 12.5. The van der Waals surface area contributed by atoms with Crippen molar-refractivity contribution < 1.29 is 24.5 Å². The molecule has 2 aliphatic heterocycles. The second-order valence-corrected chi connectivity index (χ2v) is 11.6. The second kappa shape index (κ2) is 14.2. The van der Waals surface area contributed by atoms with Crippen LogP contribution in [0, 0.1) is 0 Å². The molecule has 4 atom stereocenters. The van der Waals surface area contributed by atoms with E-state index in [1.54, 1.807) is 24.5 Å². The fourth-order valence-electron chi connectivity index (χ4n) is 6.11. The topological polar surface area (TPSA) is 104 Å². The number of hydrogen-bond acceptors (Lipinski definition) is 7. The lowest BCUT2D eigenvalue weighted by molar-refractivity contribution is -0.253. The van der Waals surface area contributed by atoms with Gasteiger partial charge >= 0.3 is 0 Å². The molecule has 8 nitrogen and oxygen atoms in total. The SMILES string of the molecule is O=C(NCc1cccc(-c2ccc([C@@H]3O[C@H](CN4CCC[C@H]4CO)C[C@H](c4ccc(CO)cc4)O3)cc2)c1)c1cccnc1. The largest absolute Gasteiger partial charge is 0.395 e. The van der Waals surface area contributed by atoms with Crippen molar-refractivity contribution in [1.29, 1.82) is 0 Å². The maximum atomic E-state index is 12.5. The first kappa shape index (κ1) is 30.1. The molecule has 228 valence electrons. The minimum atomic E-state index is -0.533. The van der Waals surface area contributed by atoms with Crippen LogP contribution in [-0.4, -0.2) is 57.8 Å².